The van der Waals surface area contributed by atoms with Crippen molar-refractivity contribution in [1.82, 2.24) is 0 Å². The van der Waals surface area contributed by atoms with Crippen LogP contribution in [0.25, 0.3) is 0 Å². The number of nitrogens with two attached hydrogens (primary N) is 1. The molecule has 0 aromatic heterocycles. The van der Waals surface area contributed by atoms with Crippen molar-refractivity contribution in [3.8, 4) is 17.2 Å². The van der Waals surface area contributed by atoms with Crippen molar-refractivity contribution in [2.24, 2.45) is 5.73 Å². The maximum absolute atomic E-state index is 13.6. The van der Waals surface area contributed by atoms with E-state index in [2.05, 4.69) is 45.2 Å². The predicted molar refractivity (Wildman–Crippen MR) is 112 cm³/mol. The molecule has 0 heterocycles. The first-order valence-corrected chi connectivity index (χ1v) is 9.74. The molecule has 24 heavy (non-hydrogen) atoms. The lowest BCUT2D eigenvalue weighted by Gasteiger charge is -2.14. The third kappa shape index (κ3) is 4.82. The Hall–Kier alpha value is -0.410. The fourth-order valence-corrected chi connectivity index (χ4v) is 4.57. The molecule has 1 unspecified atom stereocenters. The van der Waals surface area contributed by atoms with Gasteiger partial charge >= 0.3 is 5.97 Å². The number of hydrogen-bond acceptors (Lipinski definition) is 4. The minimum absolute atomic E-state index is 0.202. The SMILES string of the molecule is NC(Cc1cc(I)c(Oc2cc(F)c(O)c(I)c2)c(I)c1)C(=O)O. The van der Waals surface area contributed by atoms with Gasteiger partial charge in [0.05, 0.1) is 10.7 Å². The van der Waals surface area contributed by atoms with Gasteiger partial charge in [0.25, 0.3) is 0 Å². The number of aromatic hydroxyl groups is 1. The van der Waals surface area contributed by atoms with Crippen LogP contribution in [0.3, 0.4) is 0 Å². The van der Waals surface area contributed by atoms with E-state index in [1.165, 1.54) is 6.07 Å². The molecule has 0 aliphatic heterocycles. The van der Waals surface area contributed by atoms with Crippen LogP contribution >= 0.6 is 67.8 Å². The van der Waals surface area contributed by atoms with Crippen LogP contribution in [0.5, 0.6) is 17.2 Å². The molecule has 0 bridgehead atoms. The number of phenols is 1. The summed E-state index contributed by atoms with van der Waals surface area (Å²) in [6.07, 6.45) is 0.202. The van der Waals surface area contributed by atoms with Crippen molar-refractivity contribution in [3.05, 3.63) is 46.4 Å². The molecule has 0 aliphatic rings. The third-order valence-electron chi connectivity index (χ3n) is 3.04. The second kappa shape index (κ2) is 8.31. The van der Waals surface area contributed by atoms with Crippen LogP contribution in [0.15, 0.2) is 24.3 Å². The van der Waals surface area contributed by atoms with Crippen molar-refractivity contribution in [1.29, 1.82) is 0 Å². The van der Waals surface area contributed by atoms with Crippen LogP contribution in [-0.2, 0) is 11.2 Å². The standard InChI is InChI=1S/C15H11FI3NO4/c16-8-4-7(5-9(17)13(8)21)24-14-10(18)1-6(2-11(14)19)3-12(20)15(22)23/h1-2,4-5,12,21H,3,20H2,(H,22,23). The summed E-state index contributed by atoms with van der Waals surface area (Å²) in [6.45, 7) is 0. The molecule has 2 aromatic rings. The van der Waals surface area contributed by atoms with E-state index in [0.717, 1.165) is 18.8 Å². The van der Waals surface area contributed by atoms with Gasteiger partial charge in [0, 0.05) is 6.07 Å². The van der Waals surface area contributed by atoms with Crippen molar-refractivity contribution < 1.29 is 24.1 Å². The average Bonchev–Trinajstić information content (AvgIpc) is 2.48. The lowest BCUT2D eigenvalue weighted by molar-refractivity contribution is -0.138. The zero-order valence-corrected chi connectivity index (χ0v) is 18.4. The number of aliphatic carboxylic acids is 1. The molecule has 2 aromatic carbocycles. The maximum Gasteiger partial charge on any atom is 0.320 e. The molecular formula is C15H11FI3NO4. The Morgan fingerprint density at radius 1 is 1.17 bits per heavy atom. The van der Waals surface area contributed by atoms with Gasteiger partial charge in [-0.05, 0) is 98.0 Å². The van der Waals surface area contributed by atoms with Crippen LogP contribution in [0.1, 0.15) is 5.56 Å². The summed E-state index contributed by atoms with van der Waals surface area (Å²) in [7, 11) is 0. The van der Waals surface area contributed by atoms with E-state index in [9.17, 15) is 14.3 Å². The van der Waals surface area contributed by atoms with Gasteiger partial charge in [-0.3, -0.25) is 4.79 Å². The van der Waals surface area contributed by atoms with Crippen molar-refractivity contribution in [2.45, 2.75) is 12.5 Å². The first-order valence-electron chi connectivity index (χ1n) is 6.51. The molecule has 4 N–H and O–H groups in total. The molecule has 128 valence electrons. The summed E-state index contributed by atoms with van der Waals surface area (Å²) in [5.74, 6) is -1.43. The highest BCUT2D eigenvalue weighted by Gasteiger charge is 2.17. The van der Waals surface area contributed by atoms with E-state index in [4.69, 9.17) is 15.6 Å². The second-order valence-electron chi connectivity index (χ2n) is 4.88. The number of carboxylic acids is 1. The van der Waals surface area contributed by atoms with Gasteiger partial charge in [-0.1, -0.05) is 0 Å². The van der Waals surface area contributed by atoms with Crippen LogP contribution in [0.4, 0.5) is 4.39 Å². The molecule has 0 spiro atoms. The lowest BCUT2D eigenvalue weighted by atomic mass is 10.1. The molecule has 0 radical (unpaired) electrons. The molecule has 0 saturated heterocycles. The van der Waals surface area contributed by atoms with E-state index >= 15 is 0 Å². The van der Waals surface area contributed by atoms with E-state index in [0.29, 0.717) is 9.32 Å². The molecule has 5 nitrogen and oxygen atoms in total. The average molecular weight is 669 g/mol. The monoisotopic (exact) mass is 669 g/mol. The molecule has 9 heteroatoms. The Morgan fingerprint density at radius 3 is 2.25 bits per heavy atom. The number of hydrogen-bond donors (Lipinski definition) is 3. The molecule has 0 saturated carbocycles. The van der Waals surface area contributed by atoms with E-state index in [-0.39, 0.29) is 12.2 Å². The Labute approximate surface area is 178 Å². The van der Waals surface area contributed by atoms with E-state index in [1.54, 1.807) is 12.1 Å². The number of carboxylic acid groups (broad SMARTS) is 1. The minimum Gasteiger partial charge on any atom is -0.504 e. The lowest BCUT2D eigenvalue weighted by Crippen LogP contribution is -2.32. The number of ether oxygens (including phenoxy) is 1. The van der Waals surface area contributed by atoms with Crippen LogP contribution in [-0.4, -0.2) is 22.2 Å². The maximum atomic E-state index is 13.6. The Bertz CT molecular complexity index is 754. The van der Waals surface area contributed by atoms with Crippen molar-refractivity contribution in [3.63, 3.8) is 0 Å². The smallest absolute Gasteiger partial charge is 0.320 e. The fourth-order valence-electron chi connectivity index (χ4n) is 1.89. The zero-order valence-electron chi connectivity index (χ0n) is 11.9. The van der Waals surface area contributed by atoms with Gasteiger partial charge in [0.1, 0.15) is 11.8 Å². The van der Waals surface area contributed by atoms with Crippen LogP contribution < -0.4 is 10.5 Å². The number of carbonyl (C=O) groups is 1. The highest BCUT2D eigenvalue weighted by molar-refractivity contribution is 14.1. The number of halogens is 4. The second-order valence-corrected chi connectivity index (χ2v) is 8.36. The minimum atomic E-state index is -1.06. The molecule has 1 atom stereocenters. The topological polar surface area (TPSA) is 92.8 Å². The van der Waals surface area contributed by atoms with E-state index < -0.39 is 23.6 Å². The van der Waals surface area contributed by atoms with Crippen LogP contribution in [0, 0.1) is 16.5 Å². The van der Waals surface area contributed by atoms with Gasteiger partial charge in [0.2, 0.25) is 0 Å². The summed E-state index contributed by atoms with van der Waals surface area (Å²) in [5, 5.41) is 18.4. The van der Waals surface area contributed by atoms with Crippen molar-refractivity contribution in [2.75, 3.05) is 0 Å². The predicted octanol–water partition coefficient (Wildman–Crippen LogP) is 4.09. The molecule has 0 amide bonds. The summed E-state index contributed by atoms with van der Waals surface area (Å²) in [6, 6.07) is 5.22. The zero-order chi connectivity index (χ0) is 18.0. The number of rotatable bonds is 5. The largest absolute Gasteiger partial charge is 0.504 e. The van der Waals surface area contributed by atoms with Gasteiger partial charge in [-0.25, -0.2) is 4.39 Å². The van der Waals surface area contributed by atoms with Gasteiger partial charge in [-0.15, -0.1) is 0 Å². The first kappa shape index (κ1) is 19.9. The molecule has 2 rings (SSSR count). The van der Waals surface area contributed by atoms with Gasteiger partial charge in [-0.2, -0.15) is 0 Å². The normalized spacial score (nSPS) is 12.0. The third-order valence-corrected chi connectivity index (χ3v) is 5.47. The first-order chi connectivity index (χ1) is 11.2. The van der Waals surface area contributed by atoms with E-state index in [1.807, 2.05) is 22.6 Å². The highest BCUT2D eigenvalue weighted by Crippen LogP contribution is 2.36. The summed E-state index contributed by atoms with van der Waals surface area (Å²) in [5.41, 5.74) is 6.33. The summed E-state index contributed by atoms with van der Waals surface area (Å²) < 4.78 is 21.2. The molecular weight excluding hydrogens is 658 g/mol. The van der Waals surface area contributed by atoms with Gasteiger partial charge in [0.15, 0.2) is 17.3 Å². The number of benzene rings is 2. The fraction of sp³-hybridized carbons (Fsp3) is 0.133. The number of phenolic OH excluding ortho intramolecular Hbond substituents is 1. The summed E-state index contributed by atoms with van der Waals surface area (Å²) >= 11 is 5.94. The van der Waals surface area contributed by atoms with Gasteiger partial charge < -0.3 is 20.7 Å². The Morgan fingerprint density at radius 2 is 1.75 bits per heavy atom. The van der Waals surface area contributed by atoms with Crippen LogP contribution in [0.2, 0.25) is 0 Å². The van der Waals surface area contributed by atoms with Crippen molar-refractivity contribution >= 4 is 73.7 Å². The molecule has 0 fully saturated rings. The quantitative estimate of drug-likeness (QED) is 0.418. The Balaban J connectivity index is 2.30. The Kier molecular flexibility index (Phi) is 6.90. The summed E-state index contributed by atoms with van der Waals surface area (Å²) in [4.78, 5) is 10.9. The molecule has 0 aliphatic carbocycles. The highest BCUT2D eigenvalue weighted by atomic mass is 127.